The van der Waals surface area contributed by atoms with E-state index in [0.29, 0.717) is 19.8 Å². The van der Waals surface area contributed by atoms with Crippen LogP contribution in [0.25, 0.3) is 0 Å². The summed E-state index contributed by atoms with van der Waals surface area (Å²) in [5.41, 5.74) is 2.21. The molecule has 0 atom stereocenters. The third kappa shape index (κ3) is 6.10. The van der Waals surface area contributed by atoms with Gasteiger partial charge in [0.2, 0.25) is 0 Å². The van der Waals surface area contributed by atoms with Crippen LogP contribution in [0.3, 0.4) is 0 Å². The van der Waals surface area contributed by atoms with Crippen molar-refractivity contribution >= 4 is 12.4 Å². The van der Waals surface area contributed by atoms with Crippen LogP contribution in [0.5, 0.6) is 11.5 Å². The number of para-hydroxylation sites is 1. The monoisotopic (exact) mass is 337 g/mol. The number of ether oxygens (including phenoxy) is 3. The summed E-state index contributed by atoms with van der Waals surface area (Å²) in [4.78, 5) is 0. The molecule has 0 unspecified atom stereocenters. The minimum Gasteiger partial charge on any atom is -0.493 e. The van der Waals surface area contributed by atoms with Crippen LogP contribution in [0, 0.1) is 0 Å². The van der Waals surface area contributed by atoms with Crippen LogP contribution in [0.1, 0.15) is 11.1 Å². The summed E-state index contributed by atoms with van der Waals surface area (Å²) in [7, 11) is 3.36. The second kappa shape index (κ2) is 10.9. The van der Waals surface area contributed by atoms with E-state index in [1.807, 2.05) is 48.5 Å². The van der Waals surface area contributed by atoms with E-state index in [2.05, 4.69) is 5.32 Å². The number of hydrogen-bond donors (Lipinski definition) is 1. The van der Waals surface area contributed by atoms with Gasteiger partial charge in [0.05, 0.1) is 13.7 Å². The summed E-state index contributed by atoms with van der Waals surface area (Å²) in [5.74, 6) is 1.54. The first kappa shape index (κ1) is 19.3. The molecule has 126 valence electrons. The van der Waals surface area contributed by atoms with E-state index >= 15 is 0 Å². The van der Waals surface area contributed by atoms with Gasteiger partial charge < -0.3 is 19.5 Å². The molecule has 2 aromatic carbocycles. The van der Waals surface area contributed by atoms with Crippen molar-refractivity contribution in [2.24, 2.45) is 0 Å². The normalized spacial score (nSPS) is 10.0. The van der Waals surface area contributed by atoms with Crippen LogP contribution in [-0.2, 0) is 17.9 Å². The molecule has 0 bridgehead atoms. The Morgan fingerprint density at radius 3 is 2.43 bits per heavy atom. The Bertz CT molecular complexity index is 563. The second-order valence-electron chi connectivity index (χ2n) is 4.89. The lowest BCUT2D eigenvalue weighted by Gasteiger charge is -2.15. The Balaban J connectivity index is 0.00000264. The van der Waals surface area contributed by atoms with Gasteiger partial charge in [0, 0.05) is 25.8 Å². The van der Waals surface area contributed by atoms with E-state index in [-0.39, 0.29) is 12.4 Å². The Labute approximate surface area is 144 Å². The van der Waals surface area contributed by atoms with Gasteiger partial charge in [-0.15, -0.1) is 12.4 Å². The highest BCUT2D eigenvalue weighted by Gasteiger charge is 2.10. The molecule has 2 aromatic rings. The van der Waals surface area contributed by atoms with Gasteiger partial charge in [-0.05, 0) is 11.6 Å². The molecule has 0 amide bonds. The van der Waals surface area contributed by atoms with Gasteiger partial charge >= 0.3 is 0 Å². The van der Waals surface area contributed by atoms with Gasteiger partial charge in [-0.3, -0.25) is 0 Å². The van der Waals surface area contributed by atoms with Gasteiger partial charge in [-0.2, -0.15) is 0 Å². The van der Waals surface area contributed by atoms with E-state index < -0.39 is 0 Å². The first-order valence-electron chi connectivity index (χ1n) is 7.37. The van der Waals surface area contributed by atoms with Crippen molar-refractivity contribution in [3.63, 3.8) is 0 Å². The summed E-state index contributed by atoms with van der Waals surface area (Å²) in [5, 5.41) is 3.33. The summed E-state index contributed by atoms with van der Waals surface area (Å²) in [6, 6.07) is 16.0. The standard InChI is InChI=1S/C18H23NO3.ClH/c1-20-12-11-19-13-16-9-6-10-17(21-2)18(16)22-14-15-7-4-3-5-8-15;/h3-10,19H,11-14H2,1-2H3;1H. The maximum Gasteiger partial charge on any atom is 0.166 e. The molecule has 0 aromatic heterocycles. The molecule has 0 radical (unpaired) electrons. The zero-order valence-corrected chi connectivity index (χ0v) is 14.4. The minimum atomic E-state index is 0. The van der Waals surface area contributed by atoms with Crippen molar-refractivity contribution in [2.75, 3.05) is 27.4 Å². The molecule has 0 aliphatic heterocycles. The van der Waals surface area contributed by atoms with Crippen LogP contribution in [0.2, 0.25) is 0 Å². The Morgan fingerprint density at radius 2 is 1.74 bits per heavy atom. The number of nitrogens with one attached hydrogen (secondary N) is 1. The number of halogens is 1. The van der Waals surface area contributed by atoms with E-state index in [1.54, 1.807) is 14.2 Å². The summed E-state index contributed by atoms with van der Waals surface area (Å²) >= 11 is 0. The molecule has 2 rings (SSSR count). The Kier molecular flexibility index (Phi) is 9.14. The Hall–Kier alpha value is -1.75. The van der Waals surface area contributed by atoms with Crippen LogP contribution < -0.4 is 14.8 Å². The van der Waals surface area contributed by atoms with E-state index in [1.165, 1.54) is 0 Å². The smallest absolute Gasteiger partial charge is 0.166 e. The average Bonchev–Trinajstić information content (AvgIpc) is 2.58. The molecule has 4 nitrogen and oxygen atoms in total. The van der Waals surface area contributed by atoms with E-state index in [4.69, 9.17) is 14.2 Å². The van der Waals surface area contributed by atoms with Crippen molar-refractivity contribution in [1.29, 1.82) is 0 Å². The molecule has 0 aliphatic carbocycles. The third-order valence-corrected chi connectivity index (χ3v) is 3.30. The highest BCUT2D eigenvalue weighted by molar-refractivity contribution is 5.85. The van der Waals surface area contributed by atoms with Gasteiger partial charge in [0.25, 0.3) is 0 Å². The molecule has 0 spiro atoms. The lowest BCUT2D eigenvalue weighted by molar-refractivity contribution is 0.199. The fourth-order valence-corrected chi connectivity index (χ4v) is 2.15. The molecule has 0 fully saturated rings. The van der Waals surface area contributed by atoms with Crippen LogP contribution in [-0.4, -0.2) is 27.4 Å². The van der Waals surface area contributed by atoms with Crippen LogP contribution in [0.4, 0.5) is 0 Å². The van der Waals surface area contributed by atoms with Crippen LogP contribution >= 0.6 is 12.4 Å². The Morgan fingerprint density at radius 1 is 0.957 bits per heavy atom. The quantitative estimate of drug-likeness (QED) is 0.712. The molecule has 5 heteroatoms. The van der Waals surface area contributed by atoms with Crippen molar-refractivity contribution in [1.82, 2.24) is 5.32 Å². The lowest BCUT2D eigenvalue weighted by atomic mass is 10.1. The van der Waals surface area contributed by atoms with Crippen molar-refractivity contribution in [3.8, 4) is 11.5 Å². The van der Waals surface area contributed by atoms with Crippen LogP contribution in [0.15, 0.2) is 48.5 Å². The fourth-order valence-electron chi connectivity index (χ4n) is 2.15. The van der Waals surface area contributed by atoms with Crippen molar-refractivity contribution in [3.05, 3.63) is 59.7 Å². The highest BCUT2D eigenvalue weighted by atomic mass is 35.5. The largest absolute Gasteiger partial charge is 0.493 e. The fraction of sp³-hybridized carbons (Fsp3) is 0.333. The number of hydrogen-bond acceptors (Lipinski definition) is 4. The van der Waals surface area contributed by atoms with Gasteiger partial charge in [0.1, 0.15) is 6.61 Å². The number of rotatable bonds is 9. The predicted octanol–water partition coefficient (Wildman–Crippen LogP) is 3.43. The summed E-state index contributed by atoms with van der Waals surface area (Å²) < 4.78 is 16.5. The van der Waals surface area contributed by atoms with E-state index in [9.17, 15) is 0 Å². The zero-order chi connectivity index (χ0) is 15.6. The molecule has 23 heavy (non-hydrogen) atoms. The van der Waals surface area contributed by atoms with Crippen molar-refractivity contribution in [2.45, 2.75) is 13.2 Å². The SMILES string of the molecule is COCCNCc1cccc(OC)c1OCc1ccccc1.Cl. The zero-order valence-electron chi connectivity index (χ0n) is 13.6. The summed E-state index contributed by atoms with van der Waals surface area (Å²) in [6.45, 7) is 2.72. The van der Waals surface area contributed by atoms with Gasteiger partial charge in [0.15, 0.2) is 11.5 Å². The highest BCUT2D eigenvalue weighted by Crippen LogP contribution is 2.31. The lowest BCUT2D eigenvalue weighted by Crippen LogP contribution is -2.19. The first-order valence-corrected chi connectivity index (χ1v) is 7.37. The van der Waals surface area contributed by atoms with E-state index in [0.717, 1.165) is 29.2 Å². The molecular weight excluding hydrogens is 314 g/mol. The predicted molar refractivity (Wildman–Crippen MR) is 94.6 cm³/mol. The number of benzene rings is 2. The molecule has 0 saturated heterocycles. The topological polar surface area (TPSA) is 39.7 Å². The molecule has 0 saturated carbocycles. The minimum absolute atomic E-state index is 0. The maximum absolute atomic E-state index is 6.01. The number of methoxy groups -OCH3 is 2. The van der Waals surface area contributed by atoms with Crippen molar-refractivity contribution < 1.29 is 14.2 Å². The third-order valence-electron chi connectivity index (χ3n) is 3.30. The first-order chi connectivity index (χ1) is 10.8. The molecule has 0 aliphatic rings. The van der Waals surface area contributed by atoms with Gasteiger partial charge in [-0.25, -0.2) is 0 Å². The maximum atomic E-state index is 6.01. The molecule has 1 N–H and O–H groups in total. The second-order valence-corrected chi connectivity index (χ2v) is 4.89. The average molecular weight is 338 g/mol. The van der Waals surface area contributed by atoms with Gasteiger partial charge in [-0.1, -0.05) is 42.5 Å². The summed E-state index contributed by atoms with van der Waals surface area (Å²) in [6.07, 6.45) is 0. The molecule has 0 heterocycles. The molecular formula is C18H24ClNO3.